The van der Waals surface area contributed by atoms with E-state index in [1.165, 1.54) is 0 Å². The lowest BCUT2D eigenvalue weighted by atomic mass is 10.1. The van der Waals surface area contributed by atoms with Crippen molar-refractivity contribution in [2.24, 2.45) is 0 Å². The number of aliphatic hydroxyl groups excluding tert-OH is 1. The molecule has 1 aliphatic heterocycles. The van der Waals surface area contributed by atoms with Crippen molar-refractivity contribution in [2.45, 2.75) is 25.6 Å². The molecule has 136 valence electrons. The summed E-state index contributed by atoms with van der Waals surface area (Å²) in [6.07, 6.45) is 3.14. The van der Waals surface area contributed by atoms with Crippen LogP contribution in [0.2, 0.25) is 0 Å². The molecule has 1 atom stereocenters. The predicted octanol–water partition coefficient (Wildman–Crippen LogP) is -0.368. The first-order chi connectivity index (χ1) is 12.6. The van der Waals surface area contributed by atoms with E-state index >= 15 is 0 Å². The van der Waals surface area contributed by atoms with E-state index in [4.69, 9.17) is 5.11 Å². The third-order valence-electron chi connectivity index (χ3n) is 3.95. The Balaban J connectivity index is 1.57. The zero-order valence-corrected chi connectivity index (χ0v) is 13.9. The van der Waals surface area contributed by atoms with Gasteiger partial charge in [0.2, 0.25) is 11.8 Å². The number of amides is 3. The van der Waals surface area contributed by atoms with Crippen LogP contribution in [0.4, 0.5) is 5.69 Å². The maximum atomic E-state index is 12.3. The van der Waals surface area contributed by atoms with Gasteiger partial charge in [0, 0.05) is 18.3 Å². The average molecular weight is 357 g/mol. The highest BCUT2D eigenvalue weighted by molar-refractivity contribution is 6.10. The lowest BCUT2D eigenvalue weighted by molar-refractivity contribution is -0.125. The molecule has 0 radical (unpaired) electrons. The Morgan fingerprint density at radius 3 is 2.92 bits per heavy atom. The molecular weight excluding hydrogens is 338 g/mol. The molecular formula is C17H19N5O4. The van der Waals surface area contributed by atoms with Crippen LogP contribution < -0.4 is 16.0 Å². The van der Waals surface area contributed by atoms with Crippen LogP contribution in [0.1, 0.15) is 22.3 Å². The van der Waals surface area contributed by atoms with Gasteiger partial charge < -0.3 is 21.1 Å². The normalized spacial score (nSPS) is 16.3. The second kappa shape index (κ2) is 7.79. The number of anilines is 1. The van der Waals surface area contributed by atoms with Gasteiger partial charge in [-0.25, -0.2) is 0 Å². The fourth-order valence-corrected chi connectivity index (χ4v) is 2.64. The maximum Gasteiger partial charge on any atom is 0.254 e. The fourth-order valence-electron chi connectivity index (χ4n) is 2.64. The highest BCUT2D eigenvalue weighted by atomic mass is 16.3. The van der Waals surface area contributed by atoms with E-state index in [-0.39, 0.29) is 25.5 Å². The second-order valence-corrected chi connectivity index (χ2v) is 5.88. The number of carbonyl (C=O) groups is 3. The molecule has 3 rings (SSSR count). The molecule has 9 heteroatoms. The first-order valence-corrected chi connectivity index (χ1v) is 8.16. The van der Waals surface area contributed by atoms with Gasteiger partial charge in [0.25, 0.3) is 5.91 Å². The summed E-state index contributed by atoms with van der Waals surface area (Å²) in [6, 6.07) is 5.72. The lowest BCUT2D eigenvalue weighted by Gasteiger charge is -2.14. The average Bonchev–Trinajstić information content (AvgIpc) is 3.03. The number of nitrogens with one attached hydrogen (secondary N) is 3. The molecule has 2 aromatic rings. The van der Waals surface area contributed by atoms with Gasteiger partial charge in [-0.15, -0.1) is 0 Å². The number of aliphatic hydroxyl groups is 1. The van der Waals surface area contributed by atoms with E-state index in [9.17, 15) is 14.4 Å². The van der Waals surface area contributed by atoms with Crippen molar-refractivity contribution < 1.29 is 19.5 Å². The van der Waals surface area contributed by atoms with Crippen molar-refractivity contribution in [3.05, 3.63) is 47.8 Å². The molecule has 26 heavy (non-hydrogen) atoms. The smallest absolute Gasteiger partial charge is 0.254 e. The van der Waals surface area contributed by atoms with Gasteiger partial charge in [0.05, 0.1) is 37.0 Å². The Hall–Kier alpha value is -3.20. The quantitative estimate of drug-likeness (QED) is 0.561. The van der Waals surface area contributed by atoms with Gasteiger partial charge in [-0.2, -0.15) is 5.10 Å². The van der Waals surface area contributed by atoms with Crippen LogP contribution in [-0.2, 0) is 22.7 Å². The summed E-state index contributed by atoms with van der Waals surface area (Å²) in [4.78, 5) is 36.6. The Bertz CT molecular complexity index is 832. The topological polar surface area (TPSA) is 125 Å². The van der Waals surface area contributed by atoms with Crippen molar-refractivity contribution in [1.82, 2.24) is 20.4 Å². The summed E-state index contributed by atoms with van der Waals surface area (Å²) < 4.78 is 1.57. The molecule has 0 fully saturated rings. The first-order valence-electron chi connectivity index (χ1n) is 8.16. The van der Waals surface area contributed by atoms with E-state index in [0.29, 0.717) is 17.8 Å². The van der Waals surface area contributed by atoms with Gasteiger partial charge in [-0.3, -0.25) is 19.1 Å². The number of hydrogen-bond donors (Lipinski definition) is 4. The van der Waals surface area contributed by atoms with Crippen LogP contribution in [0.25, 0.3) is 0 Å². The molecule has 0 saturated heterocycles. The van der Waals surface area contributed by atoms with Crippen LogP contribution >= 0.6 is 0 Å². The first kappa shape index (κ1) is 17.6. The highest BCUT2D eigenvalue weighted by Gasteiger charge is 2.29. The molecule has 0 unspecified atom stereocenters. The standard InChI is InChI=1S/C17H19N5O4/c23-6-5-22-10-11(9-19-22)8-18-15(24)7-14-17(26)20-13-4-2-1-3-12(13)16(25)21-14/h1-4,9-10,14,23H,5-8H2,(H,18,24)(H,20,26)(H,21,25)/t14-/m0/s1. The van der Waals surface area contributed by atoms with E-state index < -0.39 is 17.9 Å². The molecule has 1 aliphatic rings. The molecule has 9 nitrogen and oxygen atoms in total. The summed E-state index contributed by atoms with van der Waals surface area (Å²) in [6.45, 7) is 0.599. The van der Waals surface area contributed by atoms with E-state index in [1.54, 1.807) is 41.3 Å². The Kier molecular flexibility index (Phi) is 5.28. The zero-order valence-electron chi connectivity index (χ0n) is 13.9. The van der Waals surface area contributed by atoms with Crippen molar-refractivity contribution >= 4 is 23.4 Å². The van der Waals surface area contributed by atoms with Crippen molar-refractivity contribution in [2.75, 3.05) is 11.9 Å². The fraction of sp³-hybridized carbons (Fsp3) is 0.294. The van der Waals surface area contributed by atoms with Crippen molar-refractivity contribution in [3.8, 4) is 0 Å². The summed E-state index contributed by atoms with van der Waals surface area (Å²) in [5, 5.41) is 20.8. The summed E-state index contributed by atoms with van der Waals surface area (Å²) >= 11 is 0. The predicted molar refractivity (Wildman–Crippen MR) is 92.1 cm³/mol. The molecule has 0 spiro atoms. The minimum atomic E-state index is -0.952. The maximum absolute atomic E-state index is 12.3. The van der Waals surface area contributed by atoms with Crippen LogP contribution in [0, 0.1) is 0 Å². The van der Waals surface area contributed by atoms with Crippen LogP contribution in [0.3, 0.4) is 0 Å². The lowest BCUT2D eigenvalue weighted by Crippen LogP contribution is -2.44. The van der Waals surface area contributed by atoms with E-state index in [1.807, 2.05) is 0 Å². The van der Waals surface area contributed by atoms with Gasteiger partial charge in [-0.05, 0) is 12.1 Å². The summed E-state index contributed by atoms with van der Waals surface area (Å²) in [5.74, 6) is -1.21. The van der Waals surface area contributed by atoms with Crippen LogP contribution in [-0.4, -0.2) is 45.3 Å². The van der Waals surface area contributed by atoms with E-state index in [0.717, 1.165) is 5.56 Å². The Morgan fingerprint density at radius 1 is 1.31 bits per heavy atom. The molecule has 2 heterocycles. The van der Waals surface area contributed by atoms with Gasteiger partial charge in [-0.1, -0.05) is 12.1 Å². The third kappa shape index (κ3) is 4.06. The number of benzene rings is 1. The van der Waals surface area contributed by atoms with Crippen LogP contribution in [0.5, 0.6) is 0 Å². The van der Waals surface area contributed by atoms with Crippen LogP contribution in [0.15, 0.2) is 36.7 Å². The monoisotopic (exact) mass is 357 g/mol. The zero-order chi connectivity index (χ0) is 18.5. The number of para-hydroxylation sites is 1. The van der Waals surface area contributed by atoms with Gasteiger partial charge >= 0.3 is 0 Å². The number of fused-ring (bicyclic) bond motifs is 1. The largest absolute Gasteiger partial charge is 0.394 e. The third-order valence-corrected chi connectivity index (χ3v) is 3.95. The SMILES string of the molecule is O=C(C[C@@H]1NC(=O)c2ccccc2NC1=O)NCc1cnn(CCO)c1. The number of rotatable bonds is 6. The second-order valence-electron chi connectivity index (χ2n) is 5.88. The minimum absolute atomic E-state index is 0.0215. The molecule has 0 aliphatic carbocycles. The molecule has 0 bridgehead atoms. The molecule has 1 aromatic carbocycles. The summed E-state index contributed by atoms with van der Waals surface area (Å²) in [5.41, 5.74) is 1.56. The number of carbonyl (C=O) groups excluding carboxylic acids is 3. The highest BCUT2D eigenvalue weighted by Crippen LogP contribution is 2.18. The van der Waals surface area contributed by atoms with Gasteiger partial charge in [0.1, 0.15) is 6.04 Å². The molecule has 4 N–H and O–H groups in total. The minimum Gasteiger partial charge on any atom is -0.394 e. The Morgan fingerprint density at radius 2 is 2.12 bits per heavy atom. The Labute approximate surface area is 149 Å². The van der Waals surface area contributed by atoms with Gasteiger partial charge in [0.15, 0.2) is 0 Å². The number of hydrogen-bond acceptors (Lipinski definition) is 5. The molecule has 0 saturated carbocycles. The molecule has 1 aromatic heterocycles. The molecule has 3 amide bonds. The summed E-state index contributed by atoms with van der Waals surface area (Å²) in [7, 11) is 0. The van der Waals surface area contributed by atoms with Crippen molar-refractivity contribution in [1.29, 1.82) is 0 Å². The number of nitrogens with zero attached hydrogens (tertiary/aromatic N) is 2. The number of aromatic nitrogens is 2. The van der Waals surface area contributed by atoms with Crippen molar-refractivity contribution in [3.63, 3.8) is 0 Å². The van der Waals surface area contributed by atoms with E-state index in [2.05, 4.69) is 21.0 Å².